The fourth-order valence-electron chi connectivity index (χ4n) is 1.62. The van der Waals surface area contributed by atoms with Crippen molar-refractivity contribution in [3.63, 3.8) is 0 Å². The number of benzene rings is 1. The first-order valence-electron chi connectivity index (χ1n) is 5.74. The lowest BCUT2D eigenvalue weighted by atomic mass is 10.1. The molecule has 1 aromatic rings. The zero-order valence-electron chi connectivity index (χ0n) is 10.5. The first kappa shape index (κ1) is 14.5. The molecule has 1 N–H and O–H groups in total. The minimum atomic E-state index is -0.776. The fourth-order valence-corrected chi connectivity index (χ4v) is 1.62. The monoisotopic (exact) mass is 256 g/mol. The van der Waals surface area contributed by atoms with E-state index in [0.717, 1.165) is 12.5 Å². The summed E-state index contributed by atoms with van der Waals surface area (Å²) in [6.45, 7) is 2.75. The van der Waals surface area contributed by atoms with Gasteiger partial charge in [-0.3, -0.25) is 10.1 Å². The Balaban J connectivity index is 2.73. The predicted octanol–water partition coefficient (Wildman–Crippen LogP) is 2.25. The van der Waals surface area contributed by atoms with Crippen LogP contribution in [0.4, 0.5) is 10.1 Å². The first-order valence-corrected chi connectivity index (χ1v) is 5.74. The van der Waals surface area contributed by atoms with E-state index >= 15 is 0 Å². The van der Waals surface area contributed by atoms with Crippen LogP contribution < -0.4 is 5.32 Å². The van der Waals surface area contributed by atoms with Gasteiger partial charge in [-0.2, -0.15) is 4.39 Å². The molecule has 0 heterocycles. The van der Waals surface area contributed by atoms with Crippen LogP contribution in [0.15, 0.2) is 18.2 Å². The normalized spacial score (nSPS) is 12.4. The highest BCUT2D eigenvalue weighted by Crippen LogP contribution is 2.20. The number of rotatable bonds is 7. The van der Waals surface area contributed by atoms with Crippen molar-refractivity contribution in [1.29, 1.82) is 0 Å². The molecule has 0 saturated carbocycles. The highest BCUT2D eigenvalue weighted by molar-refractivity contribution is 5.36. The van der Waals surface area contributed by atoms with Crippen LogP contribution in [0.2, 0.25) is 0 Å². The zero-order chi connectivity index (χ0) is 13.5. The maximum atomic E-state index is 13.8. The molecule has 5 nitrogen and oxygen atoms in total. The molecule has 0 aliphatic rings. The number of nitrogens with zero attached hydrogens (tertiary/aromatic N) is 1. The molecule has 0 amide bonds. The third-order valence-corrected chi connectivity index (χ3v) is 2.70. The maximum absolute atomic E-state index is 13.8. The topological polar surface area (TPSA) is 64.4 Å². The average molecular weight is 256 g/mol. The Morgan fingerprint density at radius 1 is 1.56 bits per heavy atom. The molecule has 6 heteroatoms. The van der Waals surface area contributed by atoms with E-state index in [1.807, 2.05) is 6.92 Å². The number of nitro benzene ring substituents is 1. The van der Waals surface area contributed by atoms with Crippen LogP contribution in [-0.4, -0.2) is 24.7 Å². The molecule has 0 bridgehead atoms. The van der Waals surface area contributed by atoms with Gasteiger partial charge in [-0.15, -0.1) is 0 Å². The Labute approximate surface area is 105 Å². The molecule has 0 saturated heterocycles. The van der Waals surface area contributed by atoms with E-state index in [2.05, 4.69) is 5.32 Å². The molecule has 0 fully saturated rings. The Morgan fingerprint density at radius 2 is 2.28 bits per heavy atom. The lowest BCUT2D eigenvalue weighted by Crippen LogP contribution is -2.32. The SMILES string of the molecule is CCC(COC)NCc1cccc([N+](=O)[O-])c1F. The van der Waals surface area contributed by atoms with Gasteiger partial charge >= 0.3 is 5.69 Å². The van der Waals surface area contributed by atoms with Gasteiger partial charge in [-0.25, -0.2) is 0 Å². The van der Waals surface area contributed by atoms with Gasteiger partial charge in [0.05, 0.1) is 11.5 Å². The Bertz CT molecular complexity index is 412. The Morgan fingerprint density at radius 3 is 2.83 bits per heavy atom. The highest BCUT2D eigenvalue weighted by Gasteiger charge is 2.17. The number of hydrogen-bond donors (Lipinski definition) is 1. The van der Waals surface area contributed by atoms with Crippen molar-refractivity contribution < 1.29 is 14.1 Å². The number of ether oxygens (including phenoxy) is 1. The number of nitrogens with one attached hydrogen (secondary N) is 1. The van der Waals surface area contributed by atoms with Crippen LogP contribution in [0, 0.1) is 15.9 Å². The third-order valence-electron chi connectivity index (χ3n) is 2.70. The van der Waals surface area contributed by atoms with Crippen LogP contribution >= 0.6 is 0 Å². The van der Waals surface area contributed by atoms with E-state index in [4.69, 9.17) is 4.74 Å². The molecule has 0 spiro atoms. The minimum Gasteiger partial charge on any atom is -0.383 e. The van der Waals surface area contributed by atoms with Crippen LogP contribution in [-0.2, 0) is 11.3 Å². The van der Waals surface area contributed by atoms with E-state index in [1.165, 1.54) is 12.1 Å². The van der Waals surface area contributed by atoms with Gasteiger partial charge in [0.2, 0.25) is 5.82 Å². The minimum absolute atomic E-state index is 0.105. The van der Waals surface area contributed by atoms with Crippen molar-refractivity contribution in [3.8, 4) is 0 Å². The summed E-state index contributed by atoms with van der Waals surface area (Å²) in [5, 5.41) is 13.7. The number of halogens is 1. The second kappa shape index (κ2) is 7.03. The first-order chi connectivity index (χ1) is 8.60. The summed E-state index contributed by atoms with van der Waals surface area (Å²) in [7, 11) is 1.60. The highest BCUT2D eigenvalue weighted by atomic mass is 19.1. The van der Waals surface area contributed by atoms with Crippen LogP contribution in [0.5, 0.6) is 0 Å². The Kier molecular flexibility index (Phi) is 5.67. The summed E-state index contributed by atoms with van der Waals surface area (Å²) in [5.74, 6) is -0.776. The molecule has 0 aliphatic carbocycles. The molecule has 1 aromatic carbocycles. The average Bonchev–Trinajstić information content (AvgIpc) is 2.35. The second-order valence-corrected chi connectivity index (χ2v) is 3.95. The molecular weight excluding hydrogens is 239 g/mol. The van der Waals surface area contributed by atoms with Crippen LogP contribution in [0.3, 0.4) is 0 Å². The van der Waals surface area contributed by atoms with E-state index in [9.17, 15) is 14.5 Å². The number of nitro groups is 1. The van der Waals surface area contributed by atoms with Crippen molar-refractivity contribution in [3.05, 3.63) is 39.7 Å². The lowest BCUT2D eigenvalue weighted by Gasteiger charge is -2.16. The van der Waals surface area contributed by atoms with Gasteiger partial charge in [0.1, 0.15) is 0 Å². The maximum Gasteiger partial charge on any atom is 0.305 e. The van der Waals surface area contributed by atoms with E-state index in [1.54, 1.807) is 7.11 Å². The lowest BCUT2D eigenvalue weighted by molar-refractivity contribution is -0.387. The summed E-state index contributed by atoms with van der Waals surface area (Å²) in [6, 6.07) is 4.28. The van der Waals surface area contributed by atoms with E-state index in [0.29, 0.717) is 12.2 Å². The molecule has 0 aromatic heterocycles. The fraction of sp³-hybridized carbons (Fsp3) is 0.500. The van der Waals surface area contributed by atoms with Gasteiger partial charge in [-0.05, 0) is 6.42 Å². The van der Waals surface area contributed by atoms with Gasteiger partial charge in [-0.1, -0.05) is 19.1 Å². The molecule has 1 unspecified atom stereocenters. The standard InChI is InChI=1S/C12H17FN2O3/c1-3-10(8-18-2)14-7-9-5-4-6-11(12(9)13)15(16)17/h4-6,10,14H,3,7-8H2,1-2H3. The smallest absolute Gasteiger partial charge is 0.305 e. The van der Waals surface area contributed by atoms with Crippen LogP contribution in [0.25, 0.3) is 0 Å². The van der Waals surface area contributed by atoms with Crippen molar-refractivity contribution >= 4 is 5.69 Å². The van der Waals surface area contributed by atoms with Crippen molar-refractivity contribution in [1.82, 2.24) is 5.32 Å². The molecule has 0 radical (unpaired) electrons. The largest absolute Gasteiger partial charge is 0.383 e. The summed E-state index contributed by atoms with van der Waals surface area (Å²) < 4.78 is 18.8. The quantitative estimate of drug-likeness (QED) is 0.600. The summed E-state index contributed by atoms with van der Waals surface area (Å²) >= 11 is 0. The molecule has 18 heavy (non-hydrogen) atoms. The van der Waals surface area contributed by atoms with Gasteiger partial charge in [0.25, 0.3) is 0 Å². The summed E-state index contributed by atoms with van der Waals surface area (Å²) in [6.07, 6.45) is 0.838. The molecular formula is C12H17FN2O3. The van der Waals surface area contributed by atoms with Gasteiger partial charge in [0, 0.05) is 31.3 Å². The number of hydrogen-bond acceptors (Lipinski definition) is 4. The predicted molar refractivity (Wildman–Crippen MR) is 65.8 cm³/mol. The van der Waals surface area contributed by atoms with Crippen molar-refractivity contribution in [2.45, 2.75) is 25.9 Å². The molecule has 0 aliphatic heterocycles. The van der Waals surface area contributed by atoms with Crippen molar-refractivity contribution in [2.24, 2.45) is 0 Å². The Hall–Kier alpha value is -1.53. The molecule has 1 atom stereocenters. The van der Waals surface area contributed by atoms with E-state index in [-0.39, 0.29) is 12.6 Å². The summed E-state index contributed by atoms with van der Waals surface area (Å²) in [4.78, 5) is 9.88. The molecule has 1 rings (SSSR count). The van der Waals surface area contributed by atoms with Gasteiger partial charge < -0.3 is 10.1 Å². The molecule has 100 valence electrons. The zero-order valence-corrected chi connectivity index (χ0v) is 10.5. The van der Waals surface area contributed by atoms with E-state index < -0.39 is 16.4 Å². The second-order valence-electron chi connectivity index (χ2n) is 3.95. The third kappa shape index (κ3) is 3.75. The number of methoxy groups -OCH3 is 1. The van der Waals surface area contributed by atoms with Gasteiger partial charge in [0.15, 0.2) is 0 Å². The van der Waals surface area contributed by atoms with Crippen LogP contribution in [0.1, 0.15) is 18.9 Å². The van der Waals surface area contributed by atoms with Crippen molar-refractivity contribution in [2.75, 3.05) is 13.7 Å². The summed E-state index contributed by atoms with van der Waals surface area (Å²) in [5.41, 5.74) is -0.201.